The zero-order valence-corrected chi connectivity index (χ0v) is 12.4. The average Bonchev–Trinajstić information content (AvgIpc) is 2.91. The molecule has 3 N–H and O–H groups in total. The molecule has 2 rings (SSSR count). The fraction of sp³-hybridized carbons (Fsp3) is 0.500. The van der Waals surface area contributed by atoms with E-state index in [0.717, 1.165) is 17.3 Å². The molecule has 19 heavy (non-hydrogen) atoms. The third-order valence-electron chi connectivity index (χ3n) is 3.30. The lowest BCUT2D eigenvalue weighted by molar-refractivity contribution is 0.0582. The lowest BCUT2D eigenvalue weighted by Crippen LogP contribution is -2.28. The second-order valence-electron chi connectivity index (χ2n) is 4.77. The van der Waals surface area contributed by atoms with Gasteiger partial charge in [-0.1, -0.05) is 12.8 Å². The van der Waals surface area contributed by atoms with Gasteiger partial charge in [-0.05, 0) is 47.0 Å². The van der Waals surface area contributed by atoms with Crippen LogP contribution in [0.25, 0.3) is 0 Å². The molecule has 0 saturated heterocycles. The zero-order valence-electron chi connectivity index (χ0n) is 10.8. The molecule has 1 aliphatic rings. The second kappa shape index (κ2) is 6.91. The Bertz CT molecular complexity index is 445. The summed E-state index contributed by atoms with van der Waals surface area (Å²) in [5.74, 6) is -0.116. The van der Waals surface area contributed by atoms with Gasteiger partial charge in [0, 0.05) is 22.3 Å². The van der Waals surface area contributed by atoms with Crippen molar-refractivity contribution in [3.63, 3.8) is 0 Å². The van der Waals surface area contributed by atoms with Crippen molar-refractivity contribution in [2.45, 2.75) is 31.8 Å². The van der Waals surface area contributed by atoms with Crippen molar-refractivity contribution in [3.05, 3.63) is 28.2 Å². The first-order valence-electron chi connectivity index (χ1n) is 6.61. The molecule has 0 aromatic heterocycles. The van der Waals surface area contributed by atoms with E-state index in [4.69, 9.17) is 10.5 Å². The fourth-order valence-electron chi connectivity index (χ4n) is 2.23. The van der Waals surface area contributed by atoms with Gasteiger partial charge in [0.15, 0.2) is 0 Å². The van der Waals surface area contributed by atoms with Crippen LogP contribution in [0.5, 0.6) is 0 Å². The van der Waals surface area contributed by atoms with Gasteiger partial charge in [-0.15, -0.1) is 0 Å². The van der Waals surface area contributed by atoms with Crippen LogP contribution in [0.4, 0.5) is 5.69 Å². The summed E-state index contributed by atoms with van der Waals surface area (Å²) in [5, 5.41) is 2.83. The van der Waals surface area contributed by atoms with E-state index in [1.165, 1.54) is 12.8 Å². The van der Waals surface area contributed by atoms with Gasteiger partial charge < -0.3 is 15.8 Å². The van der Waals surface area contributed by atoms with Gasteiger partial charge in [0.05, 0.1) is 12.7 Å². The van der Waals surface area contributed by atoms with E-state index in [9.17, 15) is 4.79 Å². The highest BCUT2D eigenvalue weighted by molar-refractivity contribution is 9.10. The number of rotatable bonds is 5. The molecule has 1 fully saturated rings. The molecule has 0 bridgehead atoms. The molecular formula is C14H19BrN2O2. The molecule has 0 spiro atoms. The fourth-order valence-corrected chi connectivity index (χ4v) is 2.48. The van der Waals surface area contributed by atoms with Crippen molar-refractivity contribution in [2.75, 3.05) is 18.9 Å². The number of nitrogens with one attached hydrogen (secondary N) is 1. The minimum absolute atomic E-state index is 0.116. The van der Waals surface area contributed by atoms with E-state index < -0.39 is 0 Å². The van der Waals surface area contributed by atoms with Crippen LogP contribution in [-0.4, -0.2) is 25.2 Å². The second-order valence-corrected chi connectivity index (χ2v) is 5.62. The minimum atomic E-state index is -0.116. The number of nitrogens with two attached hydrogens (primary N) is 1. The Labute approximate surface area is 121 Å². The Morgan fingerprint density at radius 3 is 2.84 bits per heavy atom. The molecule has 1 amide bonds. The van der Waals surface area contributed by atoms with Crippen LogP contribution in [0.15, 0.2) is 22.7 Å². The first-order valence-corrected chi connectivity index (χ1v) is 7.41. The average molecular weight is 327 g/mol. The van der Waals surface area contributed by atoms with Crippen molar-refractivity contribution < 1.29 is 9.53 Å². The van der Waals surface area contributed by atoms with Crippen molar-refractivity contribution in [1.29, 1.82) is 0 Å². The van der Waals surface area contributed by atoms with Crippen LogP contribution in [0.1, 0.15) is 36.0 Å². The summed E-state index contributed by atoms with van der Waals surface area (Å²) in [7, 11) is 0. The first-order chi connectivity index (χ1) is 9.16. The Hall–Kier alpha value is -1.07. The van der Waals surface area contributed by atoms with Gasteiger partial charge in [0.25, 0.3) is 5.91 Å². The number of anilines is 1. The molecule has 0 atom stereocenters. The summed E-state index contributed by atoms with van der Waals surface area (Å²) >= 11 is 3.30. The molecule has 1 aliphatic carbocycles. The standard InChI is InChI=1S/C14H19BrN2O2/c15-12-6-5-10(9-13(12)16)14(18)17-7-8-19-11-3-1-2-4-11/h5-6,9,11H,1-4,7-8,16H2,(H,17,18). The minimum Gasteiger partial charge on any atom is -0.398 e. The van der Waals surface area contributed by atoms with Gasteiger partial charge >= 0.3 is 0 Å². The third-order valence-corrected chi connectivity index (χ3v) is 4.02. The molecular weight excluding hydrogens is 308 g/mol. The van der Waals surface area contributed by atoms with Gasteiger partial charge in [0.2, 0.25) is 0 Å². The van der Waals surface area contributed by atoms with E-state index in [1.807, 2.05) is 0 Å². The lowest BCUT2D eigenvalue weighted by Gasteiger charge is -2.11. The van der Waals surface area contributed by atoms with Crippen molar-refractivity contribution in [1.82, 2.24) is 5.32 Å². The van der Waals surface area contributed by atoms with Crippen LogP contribution < -0.4 is 11.1 Å². The molecule has 4 nitrogen and oxygen atoms in total. The first kappa shape index (κ1) is 14.3. The van der Waals surface area contributed by atoms with Crippen molar-refractivity contribution in [3.8, 4) is 0 Å². The third kappa shape index (κ3) is 4.21. The van der Waals surface area contributed by atoms with Crippen LogP contribution in [0.2, 0.25) is 0 Å². The monoisotopic (exact) mass is 326 g/mol. The Balaban J connectivity index is 1.72. The van der Waals surface area contributed by atoms with E-state index in [2.05, 4.69) is 21.2 Å². The topological polar surface area (TPSA) is 64.4 Å². The van der Waals surface area contributed by atoms with Crippen LogP contribution in [-0.2, 0) is 4.74 Å². The van der Waals surface area contributed by atoms with E-state index in [1.54, 1.807) is 18.2 Å². The van der Waals surface area contributed by atoms with Crippen molar-refractivity contribution >= 4 is 27.5 Å². The number of carbonyl (C=O) groups is 1. The highest BCUT2D eigenvalue weighted by Crippen LogP contribution is 2.21. The van der Waals surface area contributed by atoms with Gasteiger partial charge in [-0.2, -0.15) is 0 Å². The molecule has 1 saturated carbocycles. The van der Waals surface area contributed by atoms with E-state index in [0.29, 0.717) is 30.5 Å². The Morgan fingerprint density at radius 1 is 1.42 bits per heavy atom. The molecule has 0 aliphatic heterocycles. The maximum Gasteiger partial charge on any atom is 0.251 e. The molecule has 104 valence electrons. The lowest BCUT2D eigenvalue weighted by atomic mass is 10.2. The highest BCUT2D eigenvalue weighted by atomic mass is 79.9. The molecule has 5 heteroatoms. The number of hydrogen-bond donors (Lipinski definition) is 2. The molecule has 0 unspecified atom stereocenters. The summed E-state index contributed by atoms with van der Waals surface area (Å²) in [4.78, 5) is 11.9. The normalized spacial score (nSPS) is 15.6. The molecule has 1 aromatic carbocycles. The summed E-state index contributed by atoms with van der Waals surface area (Å²) in [6.45, 7) is 1.10. The van der Waals surface area contributed by atoms with E-state index >= 15 is 0 Å². The number of benzene rings is 1. The maximum absolute atomic E-state index is 11.9. The van der Waals surface area contributed by atoms with Crippen molar-refractivity contribution in [2.24, 2.45) is 0 Å². The number of hydrogen-bond acceptors (Lipinski definition) is 3. The number of carbonyl (C=O) groups excluding carboxylic acids is 1. The maximum atomic E-state index is 11.9. The summed E-state index contributed by atoms with van der Waals surface area (Å²) in [6, 6.07) is 5.18. The van der Waals surface area contributed by atoms with Crippen LogP contribution >= 0.6 is 15.9 Å². The van der Waals surface area contributed by atoms with Gasteiger partial charge in [0.1, 0.15) is 0 Å². The summed E-state index contributed by atoms with van der Waals surface area (Å²) in [5.41, 5.74) is 6.88. The molecule has 1 aromatic rings. The predicted octanol–water partition coefficient (Wildman–Crippen LogP) is 2.72. The Morgan fingerprint density at radius 2 is 2.16 bits per heavy atom. The predicted molar refractivity (Wildman–Crippen MR) is 79.1 cm³/mol. The van der Waals surface area contributed by atoms with E-state index in [-0.39, 0.29) is 5.91 Å². The summed E-state index contributed by atoms with van der Waals surface area (Å²) < 4.78 is 6.48. The molecule has 0 radical (unpaired) electrons. The number of halogens is 1. The summed E-state index contributed by atoms with van der Waals surface area (Å²) in [6.07, 6.45) is 5.21. The van der Waals surface area contributed by atoms with Gasteiger partial charge in [-0.25, -0.2) is 0 Å². The number of amides is 1. The van der Waals surface area contributed by atoms with Crippen LogP contribution in [0, 0.1) is 0 Å². The smallest absolute Gasteiger partial charge is 0.251 e. The quantitative estimate of drug-likeness (QED) is 0.646. The Kier molecular flexibility index (Phi) is 5.22. The van der Waals surface area contributed by atoms with Crippen LogP contribution in [0.3, 0.4) is 0 Å². The zero-order chi connectivity index (χ0) is 13.7. The highest BCUT2D eigenvalue weighted by Gasteiger charge is 2.15. The largest absolute Gasteiger partial charge is 0.398 e. The van der Waals surface area contributed by atoms with Gasteiger partial charge in [-0.3, -0.25) is 4.79 Å². The SMILES string of the molecule is Nc1cc(C(=O)NCCOC2CCCC2)ccc1Br. The number of nitrogen functional groups attached to an aromatic ring is 1. The molecule has 0 heterocycles. The number of ether oxygens (including phenoxy) is 1.